The summed E-state index contributed by atoms with van der Waals surface area (Å²) in [6, 6.07) is 6.93. The van der Waals surface area contributed by atoms with E-state index < -0.39 is 120 Å². The second kappa shape index (κ2) is 54.5. The summed E-state index contributed by atoms with van der Waals surface area (Å²) in [6.45, 7) is 13.9. The van der Waals surface area contributed by atoms with Gasteiger partial charge in [-0.1, -0.05) is 65.0 Å². The van der Waals surface area contributed by atoms with Gasteiger partial charge in [0.2, 0.25) is 53.2 Å². The monoisotopic (exact) mass is 1570 g/mol. The van der Waals surface area contributed by atoms with Crippen LogP contribution in [0.1, 0.15) is 116 Å². The number of unbranched alkanes of at least 4 members (excludes halogenated alkanes) is 1. The fourth-order valence-corrected chi connectivity index (χ4v) is 12.0. The molecule has 1 aliphatic rings. The molecule has 0 bridgehead atoms. The lowest BCUT2D eigenvalue weighted by atomic mass is 9.82. The number of aliphatic hydroxyl groups is 1. The van der Waals surface area contributed by atoms with Crippen molar-refractivity contribution in [2.75, 3.05) is 172 Å². The van der Waals surface area contributed by atoms with E-state index in [9.17, 15) is 62.5 Å². The Bertz CT molecular complexity index is 3280. The van der Waals surface area contributed by atoms with Crippen molar-refractivity contribution in [1.29, 1.82) is 0 Å². The first kappa shape index (κ1) is 95.2. The highest BCUT2D eigenvalue weighted by Crippen LogP contribution is 2.41. The highest BCUT2D eigenvalue weighted by Gasteiger charge is 2.42. The van der Waals surface area contributed by atoms with Gasteiger partial charge in [-0.05, 0) is 79.7 Å². The molecule has 1 aliphatic heterocycles. The van der Waals surface area contributed by atoms with Crippen molar-refractivity contribution in [3.8, 4) is 11.1 Å². The quantitative estimate of drug-likeness (QED) is 0.0354. The van der Waals surface area contributed by atoms with Crippen molar-refractivity contribution in [2.24, 2.45) is 22.8 Å². The largest absolute Gasteiger partial charge is 0.481 e. The fourth-order valence-electron chi connectivity index (χ4n) is 12.0. The van der Waals surface area contributed by atoms with Gasteiger partial charge in [0, 0.05) is 95.1 Å². The molecule has 0 aliphatic carbocycles. The van der Waals surface area contributed by atoms with Crippen LogP contribution in [0.3, 0.4) is 0 Å². The van der Waals surface area contributed by atoms with E-state index in [-0.39, 0.29) is 135 Å². The Kier molecular flexibility index (Phi) is 46.7. The number of carbonyl (C=O) groups excluding carboxylic acids is 9. The smallest absolute Gasteiger partial charge is 0.305 e. The maximum absolute atomic E-state index is 15.4. The Labute approximate surface area is 648 Å². The molecule has 33 nitrogen and oxygen atoms in total. The Hall–Kier alpha value is -8.20. The van der Waals surface area contributed by atoms with Crippen molar-refractivity contribution < 1.29 is 110 Å². The van der Waals surface area contributed by atoms with Crippen LogP contribution in [0.2, 0.25) is 0 Å². The number of aromatic nitrogens is 1. The molecule has 9 amide bonds. The van der Waals surface area contributed by atoms with E-state index in [4.69, 9.17) is 54.1 Å². The van der Waals surface area contributed by atoms with Gasteiger partial charge >= 0.3 is 5.97 Å². The van der Waals surface area contributed by atoms with Crippen LogP contribution in [0.4, 0.5) is 8.78 Å². The molecular formula is C76H120F2N12O21. The van der Waals surface area contributed by atoms with Gasteiger partial charge < -0.3 is 116 Å². The normalized spacial score (nSPS) is 14.2. The maximum Gasteiger partial charge on any atom is 0.305 e. The van der Waals surface area contributed by atoms with Crippen LogP contribution >= 0.6 is 0 Å². The molecule has 1 aromatic heterocycles. The zero-order chi connectivity index (χ0) is 81.4. The topological polar surface area (TPSA) is 442 Å². The molecule has 2 heterocycles. The zero-order valence-electron chi connectivity index (χ0n) is 65.2. The van der Waals surface area contributed by atoms with Gasteiger partial charge in [-0.3, -0.25) is 47.9 Å². The lowest BCUT2D eigenvalue weighted by Crippen LogP contribution is -2.59. The van der Waals surface area contributed by atoms with Crippen LogP contribution in [0.5, 0.6) is 0 Å². The second-order valence-corrected chi connectivity index (χ2v) is 27.6. The molecule has 111 heavy (non-hydrogen) atoms. The number of rotatable bonds is 60. The lowest BCUT2D eigenvalue weighted by Gasteiger charge is -2.41. The molecule has 0 unspecified atom stereocenters. The summed E-state index contributed by atoms with van der Waals surface area (Å²) in [4.78, 5) is 137. The first-order valence-corrected chi connectivity index (χ1v) is 38.0. The number of carbonyl (C=O) groups is 10. The molecule has 1 saturated heterocycles. The third-order valence-electron chi connectivity index (χ3n) is 17.5. The molecule has 13 N–H and O–H groups in total. The molecule has 6 atom stereocenters. The number of amides is 9. The van der Waals surface area contributed by atoms with E-state index in [0.29, 0.717) is 116 Å². The fraction of sp³-hybridized carbons (Fsp3) is 0.658. The van der Waals surface area contributed by atoms with Gasteiger partial charge in [0.25, 0.3) is 0 Å². The number of nitrogens with two attached hydrogens (primary N) is 2. The van der Waals surface area contributed by atoms with Crippen LogP contribution in [0.15, 0.2) is 60.8 Å². The van der Waals surface area contributed by atoms with E-state index >= 15 is 4.39 Å². The van der Waals surface area contributed by atoms with Crippen LogP contribution < -0.4 is 48.7 Å². The summed E-state index contributed by atoms with van der Waals surface area (Å²) in [6.07, 6.45) is 2.30. The molecule has 2 aromatic carbocycles. The first-order valence-electron chi connectivity index (χ1n) is 38.0. The Morgan fingerprint density at radius 2 is 1.14 bits per heavy atom. The third kappa shape index (κ3) is 37.3. The van der Waals surface area contributed by atoms with E-state index in [1.165, 1.54) is 11.9 Å². The van der Waals surface area contributed by atoms with Crippen molar-refractivity contribution in [2.45, 2.75) is 142 Å². The minimum Gasteiger partial charge on any atom is -0.481 e. The molecule has 3 aromatic rings. The van der Waals surface area contributed by atoms with Crippen molar-refractivity contribution >= 4 is 59.1 Å². The number of benzene rings is 2. The molecule has 0 spiro atoms. The molecule has 35 heteroatoms. The first-order chi connectivity index (χ1) is 53.3. The minimum atomic E-state index is -1.58. The summed E-state index contributed by atoms with van der Waals surface area (Å²) in [7, 11) is 1.35. The number of aliphatic carboxylic acids is 1. The van der Waals surface area contributed by atoms with Crippen LogP contribution in [0.25, 0.3) is 11.1 Å². The number of ether oxygens (including phenoxy) is 9. The average Bonchev–Trinajstić information content (AvgIpc) is 1.66. The summed E-state index contributed by atoms with van der Waals surface area (Å²) >= 11 is 0. The number of hydrogen-bond acceptors (Lipinski definition) is 22. The van der Waals surface area contributed by atoms with Crippen molar-refractivity contribution in [3.63, 3.8) is 0 Å². The number of carboxylic acids is 1. The van der Waals surface area contributed by atoms with E-state index in [0.717, 1.165) is 28.7 Å². The van der Waals surface area contributed by atoms with Gasteiger partial charge in [0.15, 0.2) is 0 Å². The number of likely N-dealkylation sites (N-methyl/N-ethyl adjacent to an activating group) is 1. The summed E-state index contributed by atoms with van der Waals surface area (Å²) in [5, 5.41) is 39.2. The maximum atomic E-state index is 15.4. The highest BCUT2D eigenvalue weighted by atomic mass is 19.1. The SMILES string of the molecule is CNC(=O)[C@H](CCN(C(=O)CO)[C@@H](c1cc(-c2cc(F)ccc2F)cn1Cc1ccccc1)C(C)(C)C)NC(=O)[C@@H](NC(=O)[C@@H]1CCCN1C(=O)[C@H](CC(=O)O)NC(=O)CCOCCOCCOCCNC(=O)[C@H](CCCCNC(=O)CCOCCOCCOCCN)NC(=O)CCOCCOCCOCCN)C(C)C. The van der Waals surface area contributed by atoms with E-state index in [2.05, 4.69) is 37.2 Å². The summed E-state index contributed by atoms with van der Waals surface area (Å²) in [5.41, 5.74) is 11.6. The molecular weight excluding hydrogens is 1450 g/mol. The predicted molar refractivity (Wildman–Crippen MR) is 404 cm³/mol. The number of nitrogens with zero attached hydrogens (tertiary/aromatic N) is 3. The molecule has 4 rings (SSSR count). The number of halogens is 2. The predicted octanol–water partition coefficient (Wildman–Crippen LogP) is 1.23. The number of hydrogen-bond donors (Lipinski definition) is 11. The molecule has 0 saturated carbocycles. The highest BCUT2D eigenvalue weighted by molar-refractivity contribution is 5.97. The van der Waals surface area contributed by atoms with E-state index in [1.54, 1.807) is 26.1 Å². The third-order valence-corrected chi connectivity index (χ3v) is 17.5. The van der Waals surface area contributed by atoms with Crippen LogP contribution in [0, 0.1) is 23.0 Å². The van der Waals surface area contributed by atoms with Gasteiger partial charge in [-0.2, -0.15) is 0 Å². The van der Waals surface area contributed by atoms with Gasteiger partial charge in [-0.25, -0.2) is 8.78 Å². The number of aliphatic hydroxyl groups excluding tert-OH is 1. The number of carboxylic acid groups (broad SMARTS) is 1. The summed E-state index contributed by atoms with van der Waals surface area (Å²) < 4.78 is 80.9. The van der Waals surface area contributed by atoms with Gasteiger partial charge in [-0.15, -0.1) is 0 Å². The van der Waals surface area contributed by atoms with E-state index in [1.807, 2.05) is 55.7 Å². The zero-order valence-corrected chi connectivity index (χ0v) is 65.2. The minimum absolute atomic E-state index is 0.00227. The van der Waals surface area contributed by atoms with Gasteiger partial charge in [0.1, 0.15) is 48.5 Å². The van der Waals surface area contributed by atoms with Gasteiger partial charge in [0.05, 0.1) is 131 Å². The van der Waals surface area contributed by atoms with Crippen molar-refractivity contribution in [1.82, 2.24) is 51.6 Å². The van der Waals surface area contributed by atoms with Crippen molar-refractivity contribution in [3.05, 3.63) is 83.7 Å². The Morgan fingerprint density at radius 3 is 1.67 bits per heavy atom. The number of likely N-dealkylation sites (tertiary alicyclic amines) is 1. The Balaban J connectivity index is 1.24. The molecule has 624 valence electrons. The summed E-state index contributed by atoms with van der Waals surface area (Å²) in [5.74, 6) is -8.85. The lowest BCUT2D eigenvalue weighted by molar-refractivity contribution is -0.146. The van der Waals surface area contributed by atoms with Crippen LogP contribution in [-0.2, 0) is 97.1 Å². The average molecular weight is 1580 g/mol. The standard InChI is InChI=1S/C76H120F2N12O21/c1-53(2)69(74(101)86-60(71(98)81-6)19-28-90(67(95)52-91)70(76(3,4)5)63-47-55(57-48-56(77)17-18-58(57)78)51-88(63)50-54-13-8-7-9-14-54)87-73(100)62-16-12-27-89(62)75(102)61(49-68(96)97)85-66(94)22-31-105-37-43-111-46-40-108-34-26-83-72(99)59(84-65(93)21-30-104-36-42-110-45-39-107-33-24-80)15-10-11-25-82-64(92)20-29-103-35-41-109-44-38-106-32-23-79/h7-9,13-14,17-18,47-48,51,53,59-62,69-70,91H,10-12,15-16,19-46,49-50,52,79-80H2,1-6H3,(H,81,98)(H,82,92)(H,83,99)(H,84,93)(H,85,94)(H,86,101)(H,87,100)(H,96,97)/t59-,60-,61-,62-,69-,70-/m0/s1. The second-order valence-electron chi connectivity index (χ2n) is 27.6. The Morgan fingerprint density at radius 1 is 0.604 bits per heavy atom. The van der Waals surface area contributed by atoms with Crippen LogP contribution in [-0.4, -0.2) is 286 Å². The molecule has 1 fully saturated rings. The number of nitrogens with one attached hydrogen (secondary N) is 7. The molecule has 0 radical (unpaired) electrons.